The van der Waals surface area contributed by atoms with Gasteiger partial charge in [-0.15, -0.1) is 0 Å². The molecule has 0 bridgehead atoms. The highest BCUT2D eigenvalue weighted by atomic mass is 79.9. The summed E-state index contributed by atoms with van der Waals surface area (Å²) in [5.74, 6) is 0. The molecule has 0 amide bonds. The van der Waals surface area contributed by atoms with Gasteiger partial charge in [0.1, 0.15) is 0 Å². The van der Waals surface area contributed by atoms with E-state index in [-0.39, 0.29) is 11.6 Å². The van der Waals surface area contributed by atoms with Crippen molar-refractivity contribution in [2.45, 2.75) is 33.7 Å². The maximum atomic E-state index is 12.5. The largest absolute Gasteiger partial charge is 0.295 e. The molecule has 1 N–H and O–H groups in total. The van der Waals surface area contributed by atoms with Crippen molar-refractivity contribution in [1.29, 1.82) is 0 Å². The number of nitrogens with one attached hydrogen (secondary N) is 1. The minimum atomic E-state index is -0.0719. The Labute approximate surface area is 126 Å². The molecule has 2 rings (SSSR count). The third-order valence-corrected chi connectivity index (χ3v) is 3.51. The van der Waals surface area contributed by atoms with Crippen LogP contribution in [0, 0.1) is 13.8 Å². The minimum absolute atomic E-state index is 0.0719. The molecule has 4 nitrogen and oxygen atoms in total. The highest BCUT2D eigenvalue weighted by molar-refractivity contribution is 9.10. The number of aliphatic imine (C=N–C) groups is 1. The van der Waals surface area contributed by atoms with Gasteiger partial charge in [0.15, 0.2) is 0 Å². The number of rotatable bonds is 3. The first-order valence-electron chi connectivity index (χ1n) is 6.51. The summed E-state index contributed by atoms with van der Waals surface area (Å²) in [7, 11) is 0. The van der Waals surface area contributed by atoms with Gasteiger partial charge in [-0.1, -0.05) is 15.9 Å². The molecule has 1 heterocycles. The summed E-state index contributed by atoms with van der Waals surface area (Å²) < 4.78 is 2.57. The van der Waals surface area contributed by atoms with Crippen molar-refractivity contribution in [2.75, 3.05) is 0 Å². The third kappa shape index (κ3) is 2.93. The normalized spacial score (nSPS) is 11.7. The molecule has 0 unspecified atom stereocenters. The van der Waals surface area contributed by atoms with Gasteiger partial charge in [-0.05, 0) is 51.5 Å². The van der Waals surface area contributed by atoms with Crippen LogP contribution >= 0.6 is 15.9 Å². The van der Waals surface area contributed by atoms with Crippen molar-refractivity contribution in [3.8, 4) is 5.69 Å². The summed E-state index contributed by atoms with van der Waals surface area (Å²) in [6.07, 6.45) is 1.66. The Hall–Kier alpha value is -1.62. The molecule has 0 fully saturated rings. The molecule has 0 saturated carbocycles. The Morgan fingerprint density at radius 2 is 2.05 bits per heavy atom. The van der Waals surface area contributed by atoms with Gasteiger partial charge in [-0.25, -0.2) is 4.68 Å². The molecule has 5 heteroatoms. The fraction of sp³-hybridized carbons (Fsp3) is 0.333. The van der Waals surface area contributed by atoms with Crippen LogP contribution in [0.4, 0.5) is 0 Å². The first-order valence-corrected chi connectivity index (χ1v) is 7.30. The van der Waals surface area contributed by atoms with Gasteiger partial charge in [0.2, 0.25) is 0 Å². The Balaban J connectivity index is 2.54. The molecule has 0 spiro atoms. The van der Waals surface area contributed by atoms with E-state index in [1.54, 1.807) is 10.9 Å². The molecule has 106 valence electrons. The van der Waals surface area contributed by atoms with Gasteiger partial charge in [0.25, 0.3) is 5.56 Å². The number of halogens is 1. The second-order valence-electron chi connectivity index (χ2n) is 5.09. The molecule has 1 aromatic heterocycles. The number of hydrogen-bond acceptors (Lipinski definition) is 2. The van der Waals surface area contributed by atoms with E-state index in [4.69, 9.17) is 0 Å². The maximum absolute atomic E-state index is 12.5. The maximum Gasteiger partial charge on any atom is 0.280 e. The topological polar surface area (TPSA) is 50.1 Å². The van der Waals surface area contributed by atoms with Crippen molar-refractivity contribution < 1.29 is 0 Å². The summed E-state index contributed by atoms with van der Waals surface area (Å²) in [4.78, 5) is 16.8. The number of H-pyrrole nitrogens is 1. The van der Waals surface area contributed by atoms with Gasteiger partial charge < -0.3 is 0 Å². The zero-order valence-electron chi connectivity index (χ0n) is 12.1. The minimum Gasteiger partial charge on any atom is -0.295 e. The van der Waals surface area contributed by atoms with Crippen LogP contribution in [0.5, 0.6) is 0 Å². The summed E-state index contributed by atoms with van der Waals surface area (Å²) in [5.41, 5.74) is 3.24. The fourth-order valence-electron chi connectivity index (χ4n) is 1.97. The van der Waals surface area contributed by atoms with E-state index < -0.39 is 0 Å². The fourth-order valence-corrected chi connectivity index (χ4v) is 2.45. The quantitative estimate of drug-likeness (QED) is 0.859. The van der Waals surface area contributed by atoms with E-state index in [1.165, 1.54) is 0 Å². The first-order chi connectivity index (χ1) is 9.40. The lowest BCUT2D eigenvalue weighted by Crippen LogP contribution is -2.18. The lowest BCUT2D eigenvalue weighted by molar-refractivity contribution is 0.828. The molecule has 1 aromatic carbocycles. The number of hydrogen-bond donors (Lipinski definition) is 1. The highest BCUT2D eigenvalue weighted by Gasteiger charge is 2.12. The summed E-state index contributed by atoms with van der Waals surface area (Å²) in [5, 5.41) is 3.11. The van der Waals surface area contributed by atoms with Gasteiger partial charge in [-0.2, -0.15) is 0 Å². The zero-order chi connectivity index (χ0) is 14.9. The Bertz CT molecular complexity index is 710. The van der Waals surface area contributed by atoms with Crippen LogP contribution in [0.15, 0.2) is 32.5 Å². The van der Waals surface area contributed by atoms with Crippen molar-refractivity contribution in [3.05, 3.63) is 49.8 Å². The molecule has 0 aliphatic rings. The summed E-state index contributed by atoms with van der Waals surface area (Å²) in [6, 6.07) is 6.00. The van der Waals surface area contributed by atoms with Crippen molar-refractivity contribution >= 4 is 22.1 Å². The predicted molar refractivity (Wildman–Crippen MR) is 86.3 cm³/mol. The molecule has 0 saturated heterocycles. The van der Waals surface area contributed by atoms with Crippen LogP contribution in [-0.2, 0) is 0 Å². The molecule has 0 radical (unpaired) electrons. The molecule has 0 aliphatic carbocycles. The average Bonchev–Trinajstić information content (AvgIpc) is 2.62. The van der Waals surface area contributed by atoms with Crippen LogP contribution in [-0.4, -0.2) is 22.0 Å². The van der Waals surface area contributed by atoms with E-state index in [0.717, 1.165) is 21.4 Å². The van der Waals surface area contributed by atoms with Gasteiger partial charge in [0.05, 0.1) is 11.3 Å². The SMILES string of the molecule is Cc1cc(Br)ccc1-n1[nH]c(C)c(C=NC(C)C)c1=O. The second-order valence-corrected chi connectivity index (χ2v) is 6.01. The van der Waals surface area contributed by atoms with Crippen LogP contribution in [0.2, 0.25) is 0 Å². The van der Waals surface area contributed by atoms with Crippen LogP contribution in [0.25, 0.3) is 5.69 Å². The third-order valence-electron chi connectivity index (χ3n) is 3.02. The van der Waals surface area contributed by atoms with Crippen molar-refractivity contribution in [3.63, 3.8) is 0 Å². The second kappa shape index (κ2) is 5.79. The lowest BCUT2D eigenvalue weighted by Gasteiger charge is -2.06. The predicted octanol–water partition coefficient (Wildman–Crippen LogP) is 3.37. The van der Waals surface area contributed by atoms with E-state index in [0.29, 0.717) is 5.56 Å². The van der Waals surface area contributed by atoms with Crippen LogP contribution in [0.3, 0.4) is 0 Å². The molecular weight excluding hydrogens is 318 g/mol. The standard InChI is InChI=1S/C15H18BrN3O/c1-9(2)17-8-13-11(4)18-19(15(13)20)14-6-5-12(16)7-10(14)3/h5-9,18H,1-4H3. The van der Waals surface area contributed by atoms with Crippen molar-refractivity contribution in [2.24, 2.45) is 4.99 Å². The van der Waals surface area contributed by atoms with Crippen LogP contribution < -0.4 is 5.56 Å². The monoisotopic (exact) mass is 335 g/mol. The summed E-state index contributed by atoms with van der Waals surface area (Å²) >= 11 is 3.43. The van der Waals surface area contributed by atoms with E-state index in [2.05, 4.69) is 26.0 Å². The lowest BCUT2D eigenvalue weighted by atomic mass is 10.2. The number of nitrogens with zero attached hydrogens (tertiary/aromatic N) is 2. The molecule has 0 atom stereocenters. The van der Waals surface area contributed by atoms with Crippen LogP contribution in [0.1, 0.15) is 30.7 Å². The molecule has 2 aromatic rings. The number of aryl methyl sites for hydroxylation is 2. The van der Waals surface area contributed by atoms with Gasteiger partial charge >= 0.3 is 0 Å². The first kappa shape index (κ1) is 14.8. The van der Waals surface area contributed by atoms with Gasteiger partial charge in [-0.3, -0.25) is 14.9 Å². The van der Waals surface area contributed by atoms with E-state index >= 15 is 0 Å². The smallest absolute Gasteiger partial charge is 0.280 e. The number of aromatic amines is 1. The zero-order valence-corrected chi connectivity index (χ0v) is 13.7. The van der Waals surface area contributed by atoms with Gasteiger partial charge in [0, 0.05) is 22.4 Å². The van der Waals surface area contributed by atoms with E-state index in [1.807, 2.05) is 45.9 Å². The number of aromatic nitrogens is 2. The van der Waals surface area contributed by atoms with Crippen molar-refractivity contribution in [1.82, 2.24) is 9.78 Å². The van der Waals surface area contributed by atoms with E-state index in [9.17, 15) is 4.79 Å². The summed E-state index contributed by atoms with van der Waals surface area (Å²) in [6.45, 7) is 7.82. The molecular formula is C15H18BrN3O. The molecule has 0 aliphatic heterocycles. The Morgan fingerprint density at radius 3 is 2.65 bits per heavy atom. The highest BCUT2D eigenvalue weighted by Crippen LogP contribution is 2.18. The number of benzene rings is 1. The Morgan fingerprint density at radius 1 is 1.35 bits per heavy atom. The Kier molecular flexibility index (Phi) is 4.28. The molecule has 20 heavy (non-hydrogen) atoms. The average molecular weight is 336 g/mol.